The maximum absolute atomic E-state index is 15.0. The van der Waals surface area contributed by atoms with Gasteiger partial charge in [0.25, 0.3) is 0 Å². The zero-order valence-corrected chi connectivity index (χ0v) is 44.0. The van der Waals surface area contributed by atoms with Crippen LogP contribution in [0.4, 0.5) is 0 Å². The predicted molar refractivity (Wildman–Crippen MR) is 258 cm³/mol. The minimum Gasteiger partial charge on any atom is -0.462 e. The normalized spacial score (nSPS) is 24.3. The quantitative estimate of drug-likeness (QED) is 0.0717. The molecule has 8 heteroatoms. The third-order valence-electron chi connectivity index (χ3n) is 14.3. The molecule has 2 aliphatic carbocycles. The Morgan fingerprint density at radius 1 is 0.619 bits per heavy atom. The van der Waals surface area contributed by atoms with Gasteiger partial charge in [-0.1, -0.05) is 155 Å². The molecule has 0 aromatic heterocycles. The molecule has 0 spiro atoms. The zero-order valence-electron chi connectivity index (χ0n) is 44.0. The Hall–Kier alpha value is -2.90. The molecule has 0 amide bonds. The molecule has 362 valence electrons. The number of esters is 4. The monoisotopic (exact) mass is 883 g/mol. The summed E-state index contributed by atoms with van der Waals surface area (Å²) in [5.74, 6) is -5.09. The molecule has 2 aliphatic rings. The van der Waals surface area contributed by atoms with Crippen LogP contribution in [0.15, 0.2) is 37.0 Å². The van der Waals surface area contributed by atoms with Gasteiger partial charge in [-0.05, 0) is 108 Å². The molecule has 5 unspecified atom stereocenters. The molecule has 63 heavy (non-hydrogen) atoms. The summed E-state index contributed by atoms with van der Waals surface area (Å²) in [5, 5.41) is 0. The third kappa shape index (κ3) is 18.5. The lowest BCUT2D eigenvalue weighted by Gasteiger charge is -2.50. The summed E-state index contributed by atoms with van der Waals surface area (Å²) in [6.45, 7) is 50.4. The summed E-state index contributed by atoms with van der Waals surface area (Å²) >= 11 is 0. The van der Waals surface area contributed by atoms with Crippen LogP contribution in [0.2, 0.25) is 0 Å². The second-order valence-corrected chi connectivity index (χ2v) is 26.5. The fourth-order valence-electron chi connectivity index (χ4n) is 10.2. The number of ether oxygens (including phenoxy) is 4. The van der Waals surface area contributed by atoms with Crippen molar-refractivity contribution in [2.24, 2.45) is 61.1 Å². The van der Waals surface area contributed by atoms with E-state index < -0.39 is 73.0 Å². The Labute approximate surface area is 385 Å². The van der Waals surface area contributed by atoms with Crippen molar-refractivity contribution in [2.75, 3.05) is 0 Å². The minimum absolute atomic E-state index is 0.145. The molecule has 0 radical (unpaired) electrons. The van der Waals surface area contributed by atoms with Crippen molar-refractivity contribution in [1.29, 1.82) is 0 Å². The predicted octanol–water partition coefficient (Wildman–Crippen LogP) is 14.0. The smallest absolute Gasteiger partial charge is 0.310 e. The first-order valence-corrected chi connectivity index (χ1v) is 24.0. The van der Waals surface area contributed by atoms with Crippen LogP contribution < -0.4 is 0 Å². The molecular weight excluding hydrogens is 789 g/mol. The number of hydrogen-bond donors (Lipinski definition) is 0. The van der Waals surface area contributed by atoms with Crippen molar-refractivity contribution in [1.82, 2.24) is 0 Å². The summed E-state index contributed by atoms with van der Waals surface area (Å²) in [5.41, 5.74) is -0.654. The van der Waals surface area contributed by atoms with Gasteiger partial charge in [-0.15, -0.1) is 13.2 Å². The first-order chi connectivity index (χ1) is 28.2. The van der Waals surface area contributed by atoms with Crippen LogP contribution in [0.5, 0.6) is 0 Å². The molecule has 0 bridgehead atoms. The largest absolute Gasteiger partial charge is 0.462 e. The Kier molecular flexibility index (Phi) is 18.5. The van der Waals surface area contributed by atoms with E-state index in [0.717, 1.165) is 0 Å². The molecule has 8 nitrogen and oxygen atoms in total. The molecule has 0 N–H and O–H groups in total. The number of allylic oxidation sites excluding steroid dienone is 4. The average Bonchev–Trinajstić information content (AvgIpc) is 3.13. The van der Waals surface area contributed by atoms with Gasteiger partial charge in [0.05, 0.1) is 24.7 Å². The van der Waals surface area contributed by atoms with Gasteiger partial charge in [-0.3, -0.25) is 19.2 Å². The van der Waals surface area contributed by atoms with E-state index in [2.05, 4.69) is 130 Å². The van der Waals surface area contributed by atoms with E-state index >= 15 is 4.79 Å². The SMILES string of the molecule is C=CC(C)(C)CC(CC(C)(C)C)OC(=O)CC(C(=O)OC1CC(C)(C)C=C(C)C(C)(C)C1)C(CC(=O)OC(CC(C)(C)C)CC(C)(C)C=C)C(=O)OC1CC(C)(C)C(C)C(C)(C)C1. The lowest BCUT2D eigenvalue weighted by atomic mass is 9.57. The van der Waals surface area contributed by atoms with Gasteiger partial charge < -0.3 is 18.9 Å². The second kappa shape index (κ2) is 20.7. The van der Waals surface area contributed by atoms with Gasteiger partial charge in [-0.25, -0.2) is 0 Å². The molecule has 1 fully saturated rings. The highest BCUT2D eigenvalue weighted by molar-refractivity contribution is 5.88. The number of hydrogen-bond acceptors (Lipinski definition) is 8. The molecule has 0 heterocycles. The van der Waals surface area contributed by atoms with E-state index in [9.17, 15) is 14.4 Å². The summed E-state index contributed by atoms with van der Waals surface area (Å²) in [7, 11) is 0. The highest BCUT2D eigenvalue weighted by atomic mass is 16.6. The zero-order chi connectivity index (χ0) is 48.9. The Bertz CT molecular complexity index is 1620. The van der Waals surface area contributed by atoms with Gasteiger partial charge >= 0.3 is 23.9 Å². The maximum Gasteiger partial charge on any atom is 0.310 e. The van der Waals surface area contributed by atoms with Gasteiger partial charge in [-0.2, -0.15) is 0 Å². The van der Waals surface area contributed by atoms with Gasteiger partial charge in [0.1, 0.15) is 24.4 Å². The highest BCUT2D eigenvalue weighted by Crippen LogP contribution is 2.52. The van der Waals surface area contributed by atoms with Crippen LogP contribution in [-0.4, -0.2) is 48.3 Å². The Morgan fingerprint density at radius 3 is 1.30 bits per heavy atom. The van der Waals surface area contributed by atoms with E-state index in [-0.39, 0.29) is 43.3 Å². The number of rotatable bonds is 19. The summed E-state index contributed by atoms with van der Waals surface area (Å²) < 4.78 is 25.5. The molecule has 0 saturated heterocycles. The molecule has 1 saturated carbocycles. The van der Waals surface area contributed by atoms with Crippen LogP contribution in [0, 0.1) is 61.1 Å². The van der Waals surface area contributed by atoms with Crippen LogP contribution in [0.1, 0.15) is 203 Å². The van der Waals surface area contributed by atoms with E-state index in [1.807, 2.05) is 39.8 Å². The summed E-state index contributed by atoms with van der Waals surface area (Å²) in [6, 6.07) is 0. The Balaban J connectivity index is 2.77. The van der Waals surface area contributed by atoms with Crippen molar-refractivity contribution in [2.45, 2.75) is 227 Å². The molecule has 0 aromatic rings. The van der Waals surface area contributed by atoms with Crippen molar-refractivity contribution in [3.63, 3.8) is 0 Å². The highest BCUT2D eigenvalue weighted by Gasteiger charge is 2.49. The standard InChI is InChI=1S/C55H94O8/c1-23-50(11,12)30-38(28-48(5,6)7)60-44(56)25-42(46(58)62-40-32-52(15,16)27-36(3)53(17,18)33-40)43(47(59)63-41-34-54(19,20)37(4)55(21,22)35-41)26-45(57)61-39(29-49(8,9)10)31-51(13,14)24-2/h23-24,27,37-43H,1-2,25-26,28-35H2,3-22H3. The van der Waals surface area contributed by atoms with Gasteiger partial charge in [0.15, 0.2) is 0 Å². The Morgan fingerprint density at radius 2 is 0.968 bits per heavy atom. The molecule has 5 atom stereocenters. The third-order valence-corrected chi connectivity index (χ3v) is 14.3. The van der Waals surface area contributed by atoms with E-state index in [0.29, 0.717) is 57.3 Å². The first-order valence-electron chi connectivity index (χ1n) is 24.0. The fourth-order valence-corrected chi connectivity index (χ4v) is 10.2. The van der Waals surface area contributed by atoms with Gasteiger partial charge in [0.2, 0.25) is 0 Å². The lowest BCUT2D eigenvalue weighted by Crippen LogP contribution is -2.47. The van der Waals surface area contributed by atoms with Crippen LogP contribution in [0.3, 0.4) is 0 Å². The van der Waals surface area contributed by atoms with Crippen LogP contribution in [0.25, 0.3) is 0 Å². The van der Waals surface area contributed by atoms with Crippen molar-refractivity contribution < 1.29 is 38.1 Å². The van der Waals surface area contributed by atoms with E-state index in [1.54, 1.807) is 0 Å². The molecular formula is C55H94O8. The first kappa shape index (κ1) is 56.2. The molecule has 0 aromatic carbocycles. The topological polar surface area (TPSA) is 105 Å². The van der Waals surface area contributed by atoms with E-state index in [4.69, 9.17) is 18.9 Å². The van der Waals surface area contributed by atoms with Crippen molar-refractivity contribution in [3.05, 3.63) is 37.0 Å². The van der Waals surface area contributed by atoms with Gasteiger partial charge in [0, 0.05) is 0 Å². The second-order valence-electron chi connectivity index (χ2n) is 26.5. The summed E-state index contributed by atoms with van der Waals surface area (Å²) in [6.07, 6.45) is 7.62. The van der Waals surface area contributed by atoms with Crippen LogP contribution in [-0.2, 0) is 38.1 Å². The van der Waals surface area contributed by atoms with E-state index in [1.165, 1.54) is 5.57 Å². The fraction of sp³-hybridized carbons (Fsp3) is 0.818. The lowest BCUT2D eigenvalue weighted by molar-refractivity contribution is -0.179. The molecule has 0 aliphatic heterocycles. The maximum atomic E-state index is 15.0. The minimum atomic E-state index is -1.38. The van der Waals surface area contributed by atoms with Crippen LogP contribution >= 0.6 is 0 Å². The number of carbonyl (C=O) groups excluding carboxylic acids is 4. The number of carbonyl (C=O) groups is 4. The average molecular weight is 883 g/mol. The molecule has 2 rings (SSSR count). The van der Waals surface area contributed by atoms with Crippen molar-refractivity contribution >= 4 is 23.9 Å². The summed E-state index contributed by atoms with van der Waals surface area (Å²) in [4.78, 5) is 58.8. The van der Waals surface area contributed by atoms with Crippen molar-refractivity contribution in [3.8, 4) is 0 Å².